The van der Waals surface area contributed by atoms with E-state index in [9.17, 15) is 24.3 Å². The molecular formula is C39H67N5O7. The van der Waals surface area contributed by atoms with Gasteiger partial charge in [-0.25, -0.2) is 0 Å². The number of nitrogens with zero attached hydrogens (tertiary/aromatic N) is 2. The van der Waals surface area contributed by atoms with Crippen molar-refractivity contribution in [2.45, 2.75) is 130 Å². The highest BCUT2D eigenvalue weighted by Gasteiger charge is 2.43. The van der Waals surface area contributed by atoms with Gasteiger partial charge in [-0.2, -0.15) is 0 Å². The summed E-state index contributed by atoms with van der Waals surface area (Å²) in [7, 11) is 6.57. The molecule has 4 N–H and O–H groups in total. The first-order chi connectivity index (χ1) is 24.0. The van der Waals surface area contributed by atoms with Crippen LogP contribution >= 0.6 is 0 Å². The molecule has 0 radical (unpaired) electrons. The zero-order chi connectivity index (χ0) is 38.6. The fraction of sp³-hybridized carbons (Fsp3) is 0.744. The van der Waals surface area contributed by atoms with Crippen molar-refractivity contribution in [3.8, 4) is 0 Å². The number of ether oxygens (including phenoxy) is 2. The second-order valence-electron chi connectivity index (χ2n) is 15.0. The fourth-order valence-corrected chi connectivity index (χ4v) is 7.42. The van der Waals surface area contributed by atoms with Crippen LogP contribution in [0.1, 0.15) is 92.7 Å². The average molecular weight is 718 g/mol. The van der Waals surface area contributed by atoms with Gasteiger partial charge in [-0.1, -0.05) is 85.2 Å². The minimum Gasteiger partial charge on any atom is -0.386 e. The molecule has 4 amide bonds. The number of benzene rings is 1. The van der Waals surface area contributed by atoms with Crippen LogP contribution in [0.5, 0.6) is 0 Å². The molecule has 1 fully saturated rings. The van der Waals surface area contributed by atoms with Crippen LogP contribution in [0, 0.1) is 23.7 Å². The molecule has 1 saturated heterocycles. The number of nitrogens with one attached hydrogen (secondary N) is 3. The number of amides is 4. The third-order valence-electron chi connectivity index (χ3n) is 10.7. The molecule has 1 aliphatic heterocycles. The van der Waals surface area contributed by atoms with Crippen LogP contribution in [-0.2, 0) is 28.7 Å². The topological polar surface area (TPSA) is 150 Å². The van der Waals surface area contributed by atoms with Gasteiger partial charge in [0.15, 0.2) is 0 Å². The van der Waals surface area contributed by atoms with Crippen LogP contribution in [0.2, 0.25) is 0 Å². The number of aliphatic hydroxyl groups is 1. The third-order valence-corrected chi connectivity index (χ3v) is 10.7. The van der Waals surface area contributed by atoms with E-state index >= 15 is 0 Å². The Morgan fingerprint density at radius 2 is 1.53 bits per heavy atom. The zero-order valence-corrected chi connectivity index (χ0v) is 33.1. The van der Waals surface area contributed by atoms with Gasteiger partial charge in [0, 0.05) is 27.8 Å². The minimum atomic E-state index is -0.875. The highest BCUT2D eigenvalue weighted by molar-refractivity contribution is 5.90. The molecule has 0 spiro atoms. The summed E-state index contributed by atoms with van der Waals surface area (Å²) in [5, 5.41) is 19.8. The molecule has 12 nitrogen and oxygen atoms in total. The largest absolute Gasteiger partial charge is 0.386 e. The van der Waals surface area contributed by atoms with E-state index in [0.29, 0.717) is 18.5 Å². The SMILES string of the molecule is CC[C@H](C)C([C@@H](CC(=O)N1CCC[C@H]1C(OC)[C@@H](C)C(=O)N[C@H](C)[C@@H](O)c1ccccc1)OC)N(C)C(=O)[C@@H](NC(=O)[C@@H](NC)C(C)C)C(C)C. The molecule has 0 aromatic heterocycles. The van der Waals surface area contributed by atoms with Crippen LogP contribution in [0.3, 0.4) is 0 Å². The second kappa shape index (κ2) is 20.8. The predicted octanol–water partition coefficient (Wildman–Crippen LogP) is 3.53. The Hall–Kier alpha value is -3.06. The molecule has 0 saturated carbocycles. The minimum absolute atomic E-state index is 0.0148. The Bertz CT molecular complexity index is 1250. The number of carbonyl (C=O) groups excluding carboxylic acids is 4. The lowest BCUT2D eigenvalue weighted by molar-refractivity contribution is -0.148. The van der Waals surface area contributed by atoms with Crippen LogP contribution in [0.4, 0.5) is 0 Å². The molecule has 290 valence electrons. The number of aliphatic hydroxyl groups excluding tert-OH is 1. The number of carbonyl (C=O) groups is 4. The number of rotatable bonds is 20. The van der Waals surface area contributed by atoms with Gasteiger partial charge in [-0.15, -0.1) is 0 Å². The Balaban J connectivity index is 2.24. The summed E-state index contributed by atoms with van der Waals surface area (Å²) in [6.45, 7) is 15.9. The van der Waals surface area contributed by atoms with Crippen molar-refractivity contribution in [2.75, 3.05) is 34.9 Å². The molecule has 2 rings (SSSR count). The Kier molecular flexibility index (Phi) is 18.0. The summed E-state index contributed by atoms with van der Waals surface area (Å²) in [5.74, 6) is -1.62. The number of hydrogen-bond donors (Lipinski definition) is 4. The molecule has 2 unspecified atom stereocenters. The molecule has 1 heterocycles. The van der Waals surface area contributed by atoms with E-state index in [1.165, 1.54) is 0 Å². The maximum atomic E-state index is 14.1. The van der Waals surface area contributed by atoms with E-state index in [1.807, 2.05) is 71.9 Å². The van der Waals surface area contributed by atoms with Gasteiger partial charge in [0.05, 0.1) is 54.8 Å². The summed E-state index contributed by atoms with van der Waals surface area (Å²) in [6.07, 6.45) is 0.147. The molecule has 1 aliphatic rings. The van der Waals surface area contributed by atoms with E-state index in [2.05, 4.69) is 16.0 Å². The van der Waals surface area contributed by atoms with E-state index in [0.717, 1.165) is 12.8 Å². The number of hydrogen-bond acceptors (Lipinski definition) is 8. The highest BCUT2D eigenvalue weighted by atomic mass is 16.5. The van der Waals surface area contributed by atoms with Crippen molar-refractivity contribution < 1.29 is 33.8 Å². The first kappa shape index (κ1) is 44.1. The summed E-state index contributed by atoms with van der Waals surface area (Å²) >= 11 is 0. The maximum absolute atomic E-state index is 14.1. The van der Waals surface area contributed by atoms with Crippen molar-refractivity contribution in [1.29, 1.82) is 0 Å². The number of likely N-dealkylation sites (tertiary alicyclic amines) is 1. The van der Waals surface area contributed by atoms with Gasteiger partial charge in [0.2, 0.25) is 23.6 Å². The van der Waals surface area contributed by atoms with Gasteiger partial charge in [-0.3, -0.25) is 19.2 Å². The van der Waals surface area contributed by atoms with Gasteiger partial charge in [-0.05, 0) is 50.1 Å². The Morgan fingerprint density at radius 1 is 0.922 bits per heavy atom. The van der Waals surface area contributed by atoms with Gasteiger partial charge < -0.3 is 40.3 Å². The molecule has 1 aromatic carbocycles. The van der Waals surface area contributed by atoms with Crippen molar-refractivity contribution >= 4 is 23.6 Å². The second-order valence-corrected chi connectivity index (χ2v) is 15.0. The lowest BCUT2D eigenvalue weighted by Crippen LogP contribution is -2.59. The predicted molar refractivity (Wildman–Crippen MR) is 200 cm³/mol. The van der Waals surface area contributed by atoms with E-state index in [-0.39, 0.29) is 53.8 Å². The first-order valence-electron chi connectivity index (χ1n) is 18.7. The summed E-state index contributed by atoms with van der Waals surface area (Å²) in [4.78, 5) is 58.3. The number of methoxy groups -OCH3 is 2. The quantitative estimate of drug-likeness (QED) is 0.160. The highest BCUT2D eigenvalue weighted by Crippen LogP contribution is 2.30. The van der Waals surface area contributed by atoms with Gasteiger partial charge in [0.1, 0.15) is 6.04 Å². The molecular weight excluding hydrogens is 650 g/mol. The maximum Gasteiger partial charge on any atom is 0.245 e. The number of likely N-dealkylation sites (N-methyl/N-ethyl adjacent to an activating group) is 2. The van der Waals surface area contributed by atoms with Crippen LogP contribution in [-0.4, -0.2) is 116 Å². The third kappa shape index (κ3) is 11.5. The van der Waals surface area contributed by atoms with Crippen LogP contribution in [0.25, 0.3) is 0 Å². The normalized spacial score (nSPS) is 20.1. The monoisotopic (exact) mass is 718 g/mol. The van der Waals surface area contributed by atoms with Crippen LogP contribution in [0.15, 0.2) is 30.3 Å². The standard InChI is InChI=1S/C39H67N5O7/c1-13-25(6)34(43(10)39(49)33(24(4)5)42-38(48)32(40-9)23(2)3)30(50-11)22-31(45)44-21-17-20-29(44)36(51-12)26(7)37(47)41-27(8)35(46)28-18-15-14-16-19-28/h14-16,18-19,23-27,29-30,32-36,40,46H,13,17,20-22H2,1-12H3,(H,41,47)(H,42,48)/t25-,26+,27+,29-,30+,32-,33-,34?,35+,36?/m0/s1. The Morgan fingerprint density at radius 3 is 2.04 bits per heavy atom. The van der Waals surface area contributed by atoms with Crippen molar-refractivity contribution in [2.24, 2.45) is 23.7 Å². The summed E-state index contributed by atoms with van der Waals surface area (Å²) in [6, 6.07) is 6.67. The van der Waals surface area contributed by atoms with Crippen molar-refractivity contribution in [3.63, 3.8) is 0 Å². The summed E-state index contributed by atoms with van der Waals surface area (Å²) in [5.41, 5.74) is 0.711. The first-order valence-corrected chi connectivity index (χ1v) is 18.7. The Labute approximate surface area is 306 Å². The van der Waals surface area contributed by atoms with E-state index in [4.69, 9.17) is 9.47 Å². The molecule has 1 aromatic rings. The van der Waals surface area contributed by atoms with Crippen molar-refractivity contribution in [1.82, 2.24) is 25.8 Å². The zero-order valence-electron chi connectivity index (χ0n) is 33.1. The molecule has 51 heavy (non-hydrogen) atoms. The van der Waals surface area contributed by atoms with Crippen molar-refractivity contribution in [3.05, 3.63) is 35.9 Å². The summed E-state index contributed by atoms with van der Waals surface area (Å²) < 4.78 is 11.9. The van der Waals surface area contributed by atoms with Gasteiger partial charge >= 0.3 is 0 Å². The van der Waals surface area contributed by atoms with Crippen LogP contribution < -0.4 is 16.0 Å². The smallest absolute Gasteiger partial charge is 0.245 e. The fourth-order valence-electron chi connectivity index (χ4n) is 7.42. The molecule has 0 bridgehead atoms. The lowest BCUT2D eigenvalue weighted by Gasteiger charge is -2.41. The molecule has 12 heteroatoms. The van der Waals surface area contributed by atoms with E-state index < -0.39 is 48.4 Å². The molecule has 0 aliphatic carbocycles. The lowest BCUT2D eigenvalue weighted by atomic mass is 9.89. The van der Waals surface area contributed by atoms with Gasteiger partial charge in [0.25, 0.3) is 0 Å². The van der Waals surface area contributed by atoms with E-state index in [1.54, 1.807) is 52.0 Å². The molecule has 10 atom stereocenters. The average Bonchev–Trinajstić information content (AvgIpc) is 3.59.